The summed E-state index contributed by atoms with van der Waals surface area (Å²) in [7, 11) is 0. The van der Waals surface area contributed by atoms with Gasteiger partial charge in [0.25, 0.3) is 0 Å². The minimum absolute atomic E-state index is 0.0734. The van der Waals surface area contributed by atoms with Crippen molar-refractivity contribution in [3.8, 4) is 0 Å². The Hall–Kier alpha value is -2.06. The number of nitrogens with zero attached hydrogens (tertiary/aromatic N) is 1. The van der Waals surface area contributed by atoms with E-state index in [2.05, 4.69) is 73.4 Å². The SMILES string of the molecule is CC12C=C(N3CCOCC3)C3(C)c4ccccc4C13c1ccccc12. The zero-order valence-electron chi connectivity index (χ0n) is 14.9. The second-order valence-electron chi connectivity index (χ2n) is 8.30. The Bertz CT molecular complexity index is 941. The van der Waals surface area contributed by atoms with E-state index in [0.29, 0.717) is 0 Å². The third-order valence-corrected chi connectivity index (χ3v) is 7.58. The lowest BCUT2D eigenvalue weighted by atomic mass is 9.32. The molecule has 0 amide bonds. The number of benzene rings is 2. The molecular formula is C23H23NO. The monoisotopic (exact) mass is 329 g/mol. The molecule has 1 aliphatic heterocycles. The Morgan fingerprint density at radius 1 is 0.800 bits per heavy atom. The van der Waals surface area contributed by atoms with Gasteiger partial charge in [-0.05, 0) is 29.2 Å². The van der Waals surface area contributed by atoms with Gasteiger partial charge in [0, 0.05) is 35.0 Å². The molecule has 0 bridgehead atoms. The molecule has 126 valence electrons. The molecule has 4 aliphatic rings. The third-order valence-electron chi connectivity index (χ3n) is 7.58. The topological polar surface area (TPSA) is 12.5 Å². The van der Waals surface area contributed by atoms with Crippen LogP contribution in [-0.4, -0.2) is 31.2 Å². The van der Waals surface area contributed by atoms with E-state index >= 15 is 0 Å². The van der Waals surface area contributed by atoms with E-state index in [0.717, 1.165) is 26.3 Å². The molecule has 1 saturated heterocycles. The Balaban J connectivity index is 1.65. The lowest BCUT2D eigenvalue weighted by molar-refractivity contribution is 0.0402. The Morgan fingerprint density at radius 3 is 2.04 bits per heavy atom. The fourth-order valence-electron chi connectivity index (χ4n) is 6.70. The third kappa shape index (κ3) is 1.21. The first-order chi connectivity index (χ1) is 12.2. The van der Waals surface area contributed by atoms with Crippen molar-refractivity contribution in [2.45, 2.75) is 30.1 Å². The molecule has 1 spiro atoms. The zero-order chi connectivity index (χ0) is 16.9. The van der Waals surface area contributed by atoms with Crippen molar-refractivity contribution in [3.05, 3.63) is 82.6 Å². The van der Waals surface area contributed by atoms with Crippen molar-refractivity contribution in [1.29, 1.82) is 0 Å². The van der Waals surface area contributed by atoms with Crippen LogP contribution in [0.5, 0.6) is 0 Å². The van der Waals surface area contributed by atoms with Gasteiger partial charge in [-0.1, -0.05) is 61.5 Å². The second kappa shape index (κ2) is 4.19. The summed E-state index contributed by atoms with van der Waals surface area (Å²) in [5.74, 6) is 0. The van der Waals surface area contributed by atoms with E-state index in [1.807, 2.05) is 0 Å². The summed E-state index contributed by atoms with van der Waals surface area (Å²) in [6, 6.07) is 18.2. The van der Waals surface area contributed by atoms with Gasteiger partial charge in [0.15, 0.2) is 0 Å². The molecule has 3 unspecified atom stereocenters. The van der Waals surface area contributed by atoms with E-state index in [-0.39, 0.29) is 16.2 Å². The molecule has 0 aromatic heterocycles. The first kappa shape index (κ1) is 14.1. The molecule has 25 heavy (non-hydrogen) atoms. The van der Waals surface area contributed by atoms with Gasteiger partial charge in [-0.2, -0.15) is 0 Å². The van der Waals surface area contributed by atoms with Crippen LogP contribution in [0, 0.1) is 0 Å². The Morgan fingerprint density at radius 2 is 1.36 bits per heavy atom. The quantitative estimate of drug-likeness (QED) is 0.790. The predicted octanol–water partition coefficient (Wildman–Crippen LogP) is 3.75. The van der Waals surface area contributed by atoms with Crippen molar-refractivity contribution in [3.63, 3.8) is 0 Å². The summed E-state index contributed by atoms with van der Waals surface area (Å²) in [6.07, 6.45) is 2.60. The fraction of sp³-hybridized carbons (Fsp3) is 0.391. The number of hydrogen-bond acceptors (Lipinski definition) is 2. The van der Waals surface area contributed by atoms with E-state index in [9.17, 15) is 0 Å². The predicted molar refractivity (Wildman–Crippen MR) is 98.8 cm³/mol. The maximum absolute atomic E-state index is 5.63. The van der Waals surface area contributed by atoms with Crippen molar-refractivity contribution < 1.29 is 4.74 Å². The lowest BCUT2D eigenvalue weighted by Crippen LogP contribution is -2.70. The van der Waals surface area contributed by atoms with Crippen LogP contribution in [0.25, 0.3) is 0 Å². The first-order valence-corrected chi connectivity index (χ1v) is 9.42. The van der Waals surface area contributed by atoms with E-state index < -0.39 is 0 Å². The molecule has 1 heterocycles. The van der Waals surface area contributed by atoms with E-state index in [4.69, 9.17) is 4.74 Å². The zero-order valence-corrected chi connectivity index (χ0v) is 14.9. The first-order valence-electron chi connectivity index (χ1n) is 9.42. The number of morpholine rings is 1. The van der Waals surface area contributed by atoms with Crippen molar-refractivity contribution >= 4 is 0 Å². The van der Waals surface area contributed by atoms with E-state index in [1.54, 1.807) is 11.1 Å². The summed E-state index contributed by atoms with van der Waals surface area (Å²) in [4.78, 5) is 2.59. The van der Waals surface area contributed by atoms with Crippen LogP contribution in [0.3, 0.4) is 0 Å². The van der Waals surface area contributed by atoms with Gasteiger partial charge in [-0.25, -0.2) is 0 Å². The molecule has 1 fully saturated rings. The summed E-state index contributed by atoms with van der Waals surface area (Å²) in [5.41, 5.74) is 7.92. The minimum atomic E-state index is 0.0734. The molecule has 0 radical (unpaired) electrons. The van der Waals surface area contributed by atoms with Crippen LogP contribution in [0.4, 0.5) is 0 Å². The summed E-state index contributed by atoms with van der Waals surface area (Å²) in [5, 5.41) is 0. The summed E-state index contributed by atoms with van der Waals surface area (Å²) in [6.45, 7) is 8.63. The largest absolute Gasteiger partial charge is 0.378 e. The molecule has 6 rings (SSSR count). The normalized spacial score (nSPS) is 37.0. The Kier molecular flexibility index (Phi) is 2.37. The molecule has 2 aromatic carbocycles. The van der Waals surface area contributed by atoms with Gasteiger partial charge in [0.1, 0.15) is 0 Å². The molecule has 2 aromatic rings. The number of hydrogen-bond donors (Lipinski definition) is 0. The molecule has 3 aliphatic carbocycles. The average Bonchev–Trinajstić information content (AvgIpc) is 2.80. The van der Waals surface area contributed by atoms with Gasteiger partial charge in [-0.3, -0.25) is 0 Å². The van der Waals surface area contributed by atoms with Crippen molar-refractivity contribution in [2.75, 3.05) is 26.3 Å². The van der Waals surface area contributed by atoms with Gasteiger partial charge in [0.05, 0.1) is 13.2 Å². The van der Waals surface area contributed by atoms with Crippen LogP contribution in [0.15, 0.2) is 60.3 Å². The number of rotatable bonds is 1. The molecule has 0 N–H and O–H groups in total. The maximum Gasteiger partial charge on any atom is 0.0642 e. The second-order valence-corrected chi connectivity index (χ2v) is 8.30. The van der Waals surface area contributed by atoms with Gasteiger partial charge < -0.3 is 9.64 Å². The minimum Gasteiger partial charge on any atom is -0.378 e. The van der Waals surface area contributed by atoms with Crippen molar-refractivity contribution in [2.24, 2.45) is 0 Å². The molecule has 2 nitrogen and oxygen atoms in total. The van der Waals surface area contributed by atoms with Gasteiger partial charge >= 0.3 is 0 Å². The fourth-order valence-corrected chi connectivity index (χ4v) is 6.70. The van der Waals surface area contributed by atoms with E-state index in [1.165, 1.54) is 16.8 Å². The van der Waals surface area contributed by atoms with Crippen LogP contribution >= 0.6 is 0 Å². The van der Waals surface area contributed by atoms with Gasteiger partial charge in [-0.15, -0.1) is 0 Å². The van der Waals surface area contributed by atoms with Crippen LogP contribution in [-0.2, 0) is 21.0 Å². The van der Waals surface area contributed by atoms with Crippen LogP contribution in [0.2, 0.25) is 0 Å². The standard InChI is InChI=1S/C23H23NO/c1-21-15-20(24-11-13-25-14-12-24)22(2)17-8-4-6-10-19(17)23(21,22)18-9-5-3-7-16(18)21/h3-10,15H,11-14H2,1-2H3. The number of allylic oxidation sites excluding steroid dienone is 2. The molecule has 3 atom stereocenters. The molecular weight excluding hydrogens is 306 g/mol. The van der Waals surface area contributed by atoms with Crippen LogP contribution in [0.1, 0.15) is 36.1 Å². The maximum atomic E-state index is 5.63. The van der Waals surface area contributed by atoms with Crippen molar-refractivity contribution in [1.82, 2.24) is 4.90 Å². The summed E-state index contributed by atoms with van der Waals surface area (Å²) >= 11 is 0. The molecule has 2 heteroatoms. The highest BCUT2D eigenvalue weighted by atomic mass is 16.5. The highest BCUT2D eigenvalue weighted by molar-refractivity contribution is 5.81. The van der Waals surface area contributed by atoms with Gasteiger partial charge in [0.2, 0.25) is 0 Å². The lowest BCUT2D eigenvalue weighted by Gasteiger charge is -2.69. The highest BCUT2D eigenvalue weighted by Gasteiger charge is 2.79. The highest BCUT2D eigenvalue weighted by Crippen LogP contribution is 2.79. The smallest absolute Gasteiger partial charge is 0.0642 e. The average molecular weight is 329 g/mol. The summed E-state index contributed by atoms with van der Waals surface area (Å²) < 4.78 is 5.63. The number of ether oxygens (including phenoxy) is 1. The Labute approximate surface area is 149 Å². The number of fused-ring (bicyclic) bond motifs is 4. The molecule has 0 saturated carbocycles. The van der Waals surface area contributed by atoms with Crippen LogP contribution < -0.4 is 0 Å².